The van der Waals surface area contributed by atoms with Gasteiger partial charge in [0.25, 0.3) is 0 Å². The molecule has 1 aliphatic rings. The molecule has 1 saturated heterocycles. The summed E-state index contributed by atoms with van der Waals surface area (Å²) < 4.78 is 0. The summed E-state index contributed by atoms with van der Waals surface area (Å²) in [6.07, 6.45) is 7.42. The van der Waals surface area contributed by atoms with Crippen LogP contribution >= 0.6 is 0 Å². The molecule has 0 unspecified atom stereocenters. The number of piperidine rings is 1. The molecule has 0 aromatic carbocycles. The second-order valence-electron chi connectivity index (χ2n) is 5.57. The Morgan fingerprint density at radius 2 is 2.16 bits per heavy atom. The smallest absolute Gasteiger partial charge is 0.0541 e. The minimum absolute atomic E-state index is 0.882. The molecule has 1 fully saturated rings. The summed E-state index contributed by atoms with van der Waals surface area (Å²) in [7, 11) is 0. The highest BCUT2D eigenvalue weighted by Crippen LogP contribution is 2.21. The van der Waals surface area contributed by atoms with E-state index < -0.39 is 0 Å². The van der Waals surface area contributed by atoms with Crippen molar-refractivity contribution in [2.24, 2.45) is 5.92 Å². The van der Waals surface area contributed by atoms with Crippen LogP contribution in [0.1, 0.15) is 38.3 Å². The molecular formula is C16H27N3. The molecule has 0 aliphatic carbocycles. The molecule has 0 amide bonds. The van der Waals surface area contributed by atoms with Gasteiger partial charge >= 0.3 is 0 Å². The molecule has 1 aromatic heterocycles. The minimum Gasteiger partial charge on any atom is -0.310 e. The van der Waals surface area contributed by atoms with E-state index in [0.717, 1.165) is 24.7 Å². The van der Waals surface area contributed by atoms with Gasteiger partial charge in [-0.3, -0.25) is 4.98 Å². The van der Waals surface area contributed by atoms with Gasteiger partial charge in [0.15, 0.2) is 0 Å². The van der Waals surface area contributed by atoms with E-state index in [1.165, 1.54) is 45.3 Å². The summed E-state index contributed by atoms with van der Waals surface area (Å²) in [4.78, 5) is 6.91. The van der Waals surface area contributed by atoms with E-state index in [4.69, 9.17) is 0 Å². The Kier molecular flexibility index (Phi) is 6.31. The van der Waals surface area contributed by atoms with E-state index >= 15 is 0 Å². The zero-order valence-electron chi connectivity index (χ0n) is 12.1. The molecule has 0 spiro atoms. The van der Waals surface area contributed by atoms with Crippen LogP contribution in [0.3, 0.4) is 0 Å². The van der Waals surface area contributed by atoms with Crippen LogP contribution in [0, 0.1) is 5.92 Å². The van der Waals surface area contributed by atoms with Gasteiger partial charge < -0.3 is 10.2 Å². The fraction of sp³-hybridized carbons (Fsp3) is 0.688. The van der Waals surface area contributed by atoms with Gasteiger partial charge in [-0.2, -0.15) is 0 Å². The average Bonchev–Trinajstić information content (AvgIpc) is 2.47. The second kappa shape index (κ2) is 8.28. The van der Waals surface area contributed by atoms with E-state index in [0.29, 0.717) is 0 Å². The normalized spacial score (nSPS) is 17.7. The lowest BCUT2D eigenvalue weighted by atomic mass is 9.92. The first kappa shape index (κ1) is 14.5. The maximum Gasteiger partial charge on any atom is 0.0541 e. The number of pyridine rings is 1. The lowest BCUT2D eigenvalue weighted by Crippen LogP contribution is -2.38. The number of nitrogens with one attached hydrogen (secondary N) is 1. The monoisotopic (exact) mass is 261 g/mol. The maximum absolute atomic E-state index is 4.32. The first-order chi connectivity index (χ1) is 9.38. The standard InChI is InChI=1S/C16H27N3/c1-2-5-15-7-11-19(12-8-15)13-10-17-14-16-6-3-4-9-18-16/h3-4,6,9,15,17H,2,5,7-8,10-14H2,1H3. The maximum atomic E-state index is 4.32. The van der Waals surface area contributed by atoms with Crippen LogP contribution in [0.2, 0.25) is 0 Å². The summed E-state index contributed by atoms with van der Waals surface area (Å²) in [5.74, 6) is 0.989. The zero-order valence-corrected chi connectivity index (χ0v) is 12.1. The quantitative estimate of drug-likeness (QED) is 0.765. The van der Waals surface area contributed by atoms with Crippen molar-refractivity contribution in [3.63, 3.8) is 0 Å². The molecular weight excluding hydrogens is 234 g/mol. The van der Waals surface area contributed by atoms with Crippen LogP contribution in [-0.2, 0) is 6.54 Å². The lowest BCUT2D eigenvalue weighted by Gasteiger charge is -2.31. The molecule has 0 atom stereocenters. The van der Waals surface area contributed by atoms with Gasteiger partial charge in [-0.25, -0.2) is 0 Å². The van der Waals surface area contributed by atoms with Crippen molar-refractivity contribution in [3.05, 3.63) is 30.1 Å². The average molecular weight is 261 g/mol. The summed E-state index contributed by atoms with van der Waals surface area (Å²) in [5.41, 5.74) is 1.13. The molecule has 106 valence electrons. The Balaban J connectivity index is 1.55. The highest BCUT2D eigenvalue weighted by atomic mass is 15.1. The van der Waals surface area contributed by atoms with Crippen LogP contribution in [0.25, 0.3) is 0 Å². The predicted molar refractivity (Wildman–Crippen MR) is 80.0 cm³/mol. The molecule has 1 N–H and O–H groups in total. The highest BCUT2D eigenvalue weighted by molar-refractivity contribution is 5.02. The van der Waals surface area contributed by atoms with Gasteiger partial charge in [0.2, 0.25) is 0 Å². The van der Waals surface area contributed by atoms with Crippen molar-refractivity contribution in [1.82, 2.24) is 15.2 Å². The van der Waals surface area contributed by atoms with E-state index in [1.54, 1.807) is 0 Å². The van der Waals surface area contributed by atoms with Gasteiger partial charge in [0, 0.05) is 25.8 Å². The third kappa shape index (κ3) is 5.29. The number of rotatable bonds is 7. The molecule has 0 saturated carbocycles. The van der Waals surface area contributed by atoms with Crippen molar-refractivity contribution in [3.8, 4) is 0 Å². The van der Waals surface area contributed by atoms with Crippen LogP contribution in [-0.4, -0.2) is 36.1 Å². The number of nitrogens with zero attached hydrogens (tertiary/aromatic N) is 2. The van der Waals surface area contributed by atoms with E-state index in [-0.39, 0.29) is 0 Å². The third-order valence-corrected chi connectivity index (χ3v) is 4.04. The summed E-state index contributed by atoms with van der Waals surface area (Å²) in [6.45, 7) is 7.99. The van der Waals surface area contributed by atoms with E-state index in [2.05, 4.69) is 28.2 Å². The molecule has 2 rings (SSSR count). The van der Waals surface area contributed by atoms with E-state index in [9.17, 15) is 0 Å². The fourth-order valence-electron chi connectivity index (χ4n) is 2.86. The third-order valence-electron chi connectivity index (χ3n) is 4.04. The predicted octanol–water partition coefficient (Wildman–Crippen LogP) is 2.68. The van der Waals surface area contributed by atoms with Crippen molar-refractivity contribution in [1.29, 1.82) is 0 Å². The molecule has 0 radical (unpaired) electrons. The summed E-state index contributed by atoms with van der Waals surface area (Å²) >= 11 is 0. The number of aromatic nitrogens is 1. The Hall–Kier alpha value is -0.930. The van der Waals surface area contributed by atoms with Crippen LogP contribution < -0.4 is 5.32 Å². The van der Waals surface area contributed by atoms with Crippen LogP contribution in [0.15, 0.2) is 24.4 Å². The second-order valence-corrected chi connectivity index (χ2v) is 5.57. The SMILES string of the molecule is CCCC1CCN(CCNCc2ccccn2)CC1. The highest BCUT2D eigenvalue weighted by Gasteiger charge is 2.17. The molecule has 1 aromatic rings. The minimum atomic E-state index is 0.882. The number of hydrogen-bond donors (Lipinski definition) is 1. The molecule has 2 heterocycles. The van der Waals surface area contributed by atoms with E-state index in [1.807, 2.05) is 18.3 Å². The van der Waals surface area contributed by atoms with Gasteiger partial charge in [-0.1, -0.05) is 25.8 Å². The summed E-state index contributed by atoms with van der Waals surface area (Å²) in [5, 5.41) is 3.48. The molecule has 19 heavy (non-hydrogen) atoms. The Morgan fingerprint density at radius 3 is 2.84 bits per heavy atom. The zero-order chi connectivity index (χ0) is 13.3. The lowest BCUT2D eigenvalue weighted by molar-refractivity contribution is 0.179. The van der Waals surface area contributed by atoms with Crippen LogP contribution in [0.5, 0.6) is 0 Å². The van der Waals surface area contributed by atoms with Gasteiger partial charge in [-0.05, 0) is 44.0 Å². The Labute approximate surface area is 117 Å². The van der Waals surface area contributed by atoms with Gasteiger partial charge in [0.05, 0.1) is 5.69 Å². The number of hydrogen-bond acceptors (Lipinski definition) is 3. The molecule has 3 nitrogen and oxygen atoms in total. The molecule has 3 heteroatoms. The fourth-order valence-corrected chi connectivity index (χ4v) is 2.86. The molecule has 0 bridgehead atoms. The molecule has 1 aliphatic heterocycles. The van der Waals surface area contributed by atoms with Crippen molar-refractivity contribution in [2.45, 2.75) is 39.2 Å². The first-order valence-corrected chi connectivity index (χ1v) is 7.71. The van der Waals surface area contributed by atoms with Crippen molar-refractivity contribution in [2.75, 3.05) is 26.2 Å². The largest absolute Gasteiger partial charge is 0.310 e. The topological polar surface area (TPSA) is 28.2 Å². The van der Waals surface area contributed by atoms with Crippen LogP contribution in [0.4, 0.5) is 0 Å². The van der Waals surface area contributed by atoms with Crippen molar-refractivity contribution >= 4 is 0 Å². The Bertz CT molecular complexity index is 331. The van der Waals surface area contributed by atoms with Crippen molar-refractivity contribution < 1.29 is 0 Å². The Morgan fingerprint density at radius 1 is 1.32 bits per heavy atom. The first-order valence-electron chi connectivity index (χ1n) is 7.71. The summed E-state index contributed by atoms with van der Waals surface area (Å²) in [6, 6.07) is 6.08. The van der Waals surface area contributed by atoms with Gasteiger partial charge in [0.1, 0.15) is 0 Å². The number of likely N-dealkylation sites (tertiary alicyclic amines) is 1. The van der Waals surface area contributed by atoms with Gasteiger partial charge in [-0.15, -0.1) is 0 Å².